The average molecular weight is 431 g/mol. The van der Waals surface area contributed by atoms with Crippen molar-refractivity contribution in [2.75, 3.05) is 19.9 Å². The van der Waals surface area contributed by atoms with Gasteiger partial charge >= 0.3 is 0 Å². The van der Waals surface area contributed by atoms with Gasteiger partial charge in [-0.25, -0.2) is 13.1 Å². The fraction of sp³-hybridized carbons (Fsp3) is 0.435. The Morgan fingerprint density at radius 1 is 1.17 bits per heavy atom. The standard InChI is InChI=1S/C23H30N2O4S/c1-16(2)23(26)25-12-11-21(24-30(4,27)28)22(25)14-17-7-5-8-18(13-17)19-9-6-10-20(15-19)29-3/h5-10,13,15-16,21-22,24H,11-12,14H2,1-4H3. The summed E-state index contributed by atoms with van der Waals surface area (Å²) < 4.78 is 31.8. The number of rotatable bonds is 7. The molecular formula is C23H30N2O4S. The number of benzene rings is 2. The molecule has 0 radical (unpaired) electrons. The van der Waals surface area contributed by atoms with Crippen molar-refractivity contribution in [2.24, 2.45) is 5.92 Å². The quantitative estimate of drug-likeness (QED) is 0.732. The lowest BCUT2D eigenvalue weighted by Gasteiger charge is -2.30. The number of nitrogens with zero attached hydrogens (tertiary/aromatic N) is 1. The topological polar surface area (TPSA) is 75.7 Å². The third-order valence-corrected chi connectivity index (χ3v) is 6.19. The van der Waals surface area contributed by atoms with E-state index in [1.807, 2.05) is 61.2 Å². The Bertz CT molecular complexity index is 1000. The highest BCUT2D eigenvalue weighted by Gasteiger charge is 2.38. The lowest BCUT2D eigenvalue weighted by Crippen LogP contribution is -2.48. The third-order valence-electron chi connectivity index (χ3n) is 5.46. The molecule has 2 atom stereocenters. The predicted octanol–water partition coefficient (Wildman–Crippen LogP) is 3.08. The summed E-state index contributed by atoms with van der Waals surface area (Å²) in [5, 5.41) is 0. The summed E-state index contributed by atoms with van der Waals surface area (Å²) in [7, 11) is -1.72. The Kier molecular flexibility index (Phi) is 6.83. The Morgan fingerprint density at radius 3 is 2.47 bits per heavy atom. The van der Waals surface area contributed by atoms with Crippen LogP contribution in [-0.4, -0.2) is 51.2 Å². The van der Waals surface area contributed by atoms with Crippen LogP contribution in [0.1, 0.15) is 25.8 Å². The zero-order valence-electron chi connectivity index (χ0n) is 18.0. The number of hydrogen-bond donors (Lipinski definition) is 1. The van der Waals surface area contributed by atoms with Gasteiger partial charge in [-0.2, -0.15) is 0 Å². The highest BCUT2D eigenvalue weighted by atomic mass is 32.2. The van der Waals surface area contributed by atoms with Gasteiger partial charge in [0.2, 0.25) is 15.9 Å². The molecule has 2 aromatic rings. The van der Waals surface area contributed by atoms with Crippen LogP contribution < -0.4 is 9.46 Å². The minimum atomic E-state index is -3.36. The second-order valence-corrected chi connectivity index (χ2v) is 9.96. The van der Waals surface area contributed by atoms with Crippen molar-refractivity contribution in [1.29, 1.82) is 0 Å². The molecule has 1 aliphatic heterocycles. The highest BCUT2D eigenvalue weighted by Crippen LogP contribution is 2.28. The van der Waals surface area contributed by atoms with E-state index in [9.17, 15) is 13.2 Å². The van der Waals surface area contributed by atoms with Gasteiger partial charge in [-0.3, -0.25) is 4.79 Å². The first-order valence-corrected chi connectivity index (χ1v) is 12.1. The number of sulfonamides is 1. The average Bonchev–Trinajstić information content (AvgIpc) is 3.08. The first-order valence-electron chi connectivity index (χ1n) is 10.2. The molecule has 0 saturated carbocycles. The maximum absolute atomic E-state index is 12.8. The second kappa shape index (κ2) is 9.18. The van der Waals surface area contributed by atoms with E-state index in [0.717, 1.165) is 22.4 Å². The number of hydrogen-bond acceptors (Lipinski definition) is 4. The van der Waals surface area contributed by atoms with Gasteiger partial charge in [0, 0.05) is 18.5 Å². The zero-order valence-corrected chi connectivity index (χ0v) is 18.8. The fourth-order valence-electron chi connectivity index (χ4n) is 4.05. The molecule has 7 heteroatoms. The predicted molar refractivity (Wildman–Crippen MR) is 119 cm³/mol. The van der Waals surface area contributed by atoms with Crippen molar-refractivity contribution in [2.45, 2.75) is 38.8 Å². The number of likely N-dealkylation sites (tertiary alicyclic amines) is 1. The molecule has 1 amide bonds. The van der Waals surface area contributed by atoms with E-state index in [2.05, 4.69) is 10.8 Å². The molecule has 2 aromatic carbocycles. The SMILES string of the molecule is COc1cccc(-c2cccc(CC3C(NS(C)(=O)=O)CCN3C(=O)C(C)C)c2)c1. The van der Waals surface area contributed by atoms with Gasteiger partial charge in [-0.1, -0.05) is 50.2 Å². The van der Waals surface area contributed by atoms with Crippen molar-refractivity contribution >= 4 is 15.9 Å². The molecule has 1 aliphatic rings. The van der Waals surface area contributed by atoms with Gasteiger partial charge in [-0.15, -0.1) is 0 Å². The number of amides is 1. The van der Waals surface area contributed by atoms with Crippen LogP contribution in [0.15, 0.2) is 48.5 Å². The van der Waals surface area contributed by atoms with Crippen LogP contribution in [0.3, 0.4) is 0 Å². The molecule has 162 valence electrons. The van der Waals surface area contributed by atoms with Gasteiger partial charge in [-0.05, 0) is 41.7 Å². The second-order valence-electron chi connectivity index (χ2n) is 8.18. The molecule has 0 bridgehead atoms. The smallest absolute Gasteiger partial charge is 0.225 e. The number of ether oxygens (including phenoxy) is 1. The molecule has 1 heterocycles. The normalized spacial score (nSPS) is 19.3. The molecule has 1 fully saturated rings. The minimum absolute atomic E-state index is 0.0572. The monoisotopic (exact) mass is 430 g/mol. The van der Waals surface area contributed by atoms with Crippen molar-refractivity contribution in [1.82, 2.24) is 9.62 Å². The van der Waals surface area contributed by atoms with Gasteiger partial charge in [0.15, 0.2) is 0 Å². The van der Waals surface area contributed by atoms with Crippen molar-refractivity contribution < 1.29 is 17.9 Å². The minimum Gasteiger partial charge on any atom is -0.497 e. The Balaban J connectivity index is 1.89. The summed E-state index contributed by atoms with van der Waals surface area (Å²) in [5.74, 6) is 0.717. The van der Waals surface area contributed by atoms with E-state index in [1.54, 1.807) is 7.11 Å². The molecular weight excluding hydrogens is 400 g/mol. The highest BCUT2D eigenvalue weighted by molar-refractivity contribution is 7.88. The molecule has 3 rings (SSSR count). The first kappa shape index (κ1) is 22.3. The summed E-state index contributed by atoms with van der Waals surface area (Å²) >= 11 is 0. The summed E-state index contributed by atoms with van der Waals surface area (Å²) in [4.78, 5) is 14.6. The van der Waals surface area contributed by atoms with Gasteiger partial charge in [0.05, 0.1) is 19.4 Å². The lowest BCUT2D eigenvalue weighted by atomic mass is 9.96. The van der Waals surface area contributed by atoms with E-state index in [4.69, 9.17) is 4.74 Å². The maximum Gasteiger partial charge on any atom is 0.225 e. The molecule has 30 heavy (non-hydrogen) atoms. The Morgan fingerprint density at radius 2 is 1.83 bits per heavy atom. The number of carbonyl (C=O) groups excluding carboxylic acids is 1. The van der Waals surface area contributed by atoms with Gasteiger partial charge in [0.1, 0.15) is 5.75 Å². The maximum atomic E-state index is 12.8. The summed E-state index contributed by atoms with van der Waals surface area (Å²) in [6.07, 6.45) is 2.37. The Hall–Kier alpha value is -2.38. The molecule has 1 N–H and O–H groups in total. The molecule has 0 aliphatic carbocycles. The van der Waals surface area contributed by atoms with Crippen molar-refractivity contribution in [3.63, 3.8) is 0 Å². The van der Waals surface area contributed by atoms with Crippen LogP contribution in [0.2, 0.25) is 0 Å². The van der Waals surface area contributed by atoms with Crippen LogP contribution in [0.5, 0.6) is 5.75 Å². The molecule has 6 nitrogen and oxygen atoms in total. The van der Waals surface area contributed by atoms with Gasteiger partial charge < -0.3 is 9.64 Å². The summed E-state index contributed by atoms with van der Waals surface area (Å²) in [5.41, 5.74) is 3.16. The number of carbonyl (C=O) groups is 1. The van der Waals surface area contributed by atoms with Crippen LogP contribution in [0.25, 0.3) is 11.1 Å². The molecule has 1 saturated heterocycles. The van der Waals surface area contributed by atoms with Crippen LogP contribution >= 0.6 is 0 Å². The van der Waals surface area contributed by atoms with E-state index in [0.29, 0.717) is 19.4 Å². The summed E-state index contributed by atoms with van der Waals surface area (Å²) in [6.45, 7) is 4.31. The van der Waals surface area contributed by atoms with E-state index in [1.165, 1.54) is 6.26 Å². The fourth-order valence-corrected chi connectivity index (χ4v) is 4.87. The van der Waals surface area contributed by atoms with Crippen LogP contribution in [0, 0.1) is 5.92 Å². The van der Waals surface area contributed by atoms with Crippen molar-refractivity contribution in [3.8, 4) is 16.9 Å². The molecule has 2 unspecified atom stereocenters. The van der Waals surface area contributed by atoms with Gasteiger partial charge in [0.25, 0.3) is 0 Å². The third kappa shape index (κ3) is 5.40. The lowest BCUT2D eigenvalue weighted by molar-refractivity contribution is -0.135. The van der Waals surface area contributed by atoms with Crippen LogP contribution in [0.4, 0.5) is 0 Å². The number of methoxy groups -OCH3 is 1. The summed E-state index contributed by atoms with van der Waals surface area (Å²) in [6, 6.07) is 15.5. The van der Waals surface area contributed by atoms with Crippen molar-refractivity contribution in [3.05, 3.63) is 54.1 Å². The van der Waals surface area contributed by atoms with Crippen LogP contribution in [-0.2, 0) is 21.2 Å². The number of nitrogens with one attached hydrogen (secondary N) is 1. The van der Waals surface area contributed by atoms with E-state index < -0.39 is 10.0 Å². The molecule has 0 spiro atoms. The Labute approximate surface area is 179 Å². The van der Waals surface area contributed by atoms with E-state index in [-0.39, 0.29) is 23.9 Å². The first-order chi connectivity index (χ1) is 14.2. The zero-order chi connectivity index (χ0) is 21.9. The van der Waals surface area contributed by atoms with E-state index >= 15 is 0 Å². The molecule has 0 aromatic heterocycles. The largest absolute Gasteiger partial charge is 0.497 e.